The molecule has 1 radical (unpaired) electrons. The highest BCUT2D eigenvalue weighted by Crippen LogP contribution is 2.36. The maximum Gasteiger partial charge on any atom is 0.416 e. The van der Waals surface area contributed by atoms with Crippen molar-refractivity contribution in [3.63, 3.8) is 0 Å². The Balaban J connectivity index is 3.41. The van der Waals surface area contributed by atoms with Crippen LogP contribution in [0, 0.1) is 12.3 Å². The molecule has 0 aliphatic carbocycles. The zero-order valence-electron chi connectivity index (χ0n) is 7.50. The molecule has 1 aromatic carbocycles. The molecule has 0 heterocycles. The van der Waals surface area contributed by atoms with Gasteiger partial charge in [0.25, 0.3) is 0 Å². The summed E-state index contributed by atoms with van der Waals surface area (Å²) in [7, 11) is 0. The van der Waals surface area contributed by atoms with E-state index in [9.17, 15) is 26.3 Å². The van der Waals surface area contributed by atoms with Crippen LogP contribution in [0.25, 0.3) is 0 Å². The van der Waals surface area contributed by atoms with Crippen molar-refractivity contribution in [3.05, 3.63) is 41.3 Å². The van der Waals surface area contributed by atoms with Crippen molar-refractivity contribution >= 4 is 0 Å². The second-order valence-corrected chi connectivity index (χ2v) is 2.92. The summed E-state index contributed by atoms with van der Waals surface area (Å²) >= 11 is 0. The molecule has 0 atom stereocenters. The molecule has 0 amide bonds. The van der Waals surface area contributed by atoms with Gasteiger partial charge >= 0.3 is 12.4 Å². The Morgan fingerprint density at radius 3 is 1.44 bits per heavy atom. The molecule has 0 nitrogen and oxygen atoms in total. The fraction of sp³-hybridized carbons (Fsp3) is 0.200. The zero-order chi connectivity index (χ0) is 12.6. The molecular weight excluding hydrogens is 234 g/mol. The first kappa shape index (κ1) is 12.4. The van der Waals surface area contributed by atoms with Gasteiger partial charge in [-0.05, 0) is 24.6 Å². The molecule has 85 valence electrons. The first-order valence-corrected chi connectivity index (χ1v) is 3.87. The van der Waals surface area contributed by atoms with Gasteiger partial charge in [-0.25, -0.2) is 0 Å². The molecule has 6 heteroatoms. The number of hydrogen-bond donors (Lipinski definition) is 0. The standard InChI is InChI=1S/C10H3F6/c1-2-6-3-7(9(11,12)13)5-8(4-6)10(14,15)16/h3-5H. The van der Waals surface area contributed by atoms with Crippen LogP contribution in [0.4, 0.5) is 26.3 Å². The molecule has 0 aromatic heterocycles. The zero-order valence-corrected chi connectivity index (χ0v) is 7.50. The van der Waals surface area contributed by atoms with Gasteiger partial charge < -0.3 is 0 Å². The Morgan fingerprint density at radius 1 is 0.812 bits per heavy atom. The molecule has 0 saturated carbocycles. The van der Waals surface area contributed by atoms with Crippen molar-refractivity contribution in [2.45, 2.75) is 12.4 Å². The minimum absolute atomic E-state index is 0.000833. The summed E-state index contributed by atoms with van der Waals surface area (Å²) in [6.45, 7) is 0. The van der Waals surface area contributed by atoms with E-state index in [2.05, 4.69) is 0 Å². The summed E-state index contributed by atoms with van der Waals surface area (Å²) in [4.78, 5) is 0. The van der Waals surface area contributed by atoms with Crippen LogP contribution in [-0.2, 0) is 12.4 Å². The van der Waals surface area contributed by atoms with Gasteiger partial charge in [0.15, 0.2) is 0 Å². The van der Waals surface area contributed by atoms with Crippen LogP contribution in [0.1, 0.15) is 16.7 Å². The largest absolute Gasteiger partial charge is 0.416 e. The topological polar surface area (TPSA) is 0 Å². The van der Waals surface area contributed by atoms with E-state index in [0.717, 1.165) is 0 Å². The maximum absolute atomic E-state index is 12.2. The van der Waals surface area contributed by atoms with E-state index in [0.29, 0.717) is 12.1 Å². The lowest BCUT2D eigenvalue weighted by molar-refractivity contribution is -0.143. The molecule has 0 bridgehead atoms. The van der Waals surface area contributed by atoms with E-state index >= 15 is 0 Å². The number of halogens is 6. The van der Waals surface area contributed by atoms with Crippen LogP contribution in [0.3, 0.4) is 0 Å². The quantitative estimate of drug-likeness (QED) is 0.477. The third-order valence-corrected chi connectivity index (χ3v) is 1.73. The molecular formula is C10H3F6. The fourth-order valence-corrected chi connectivity index (χ4v) is 1.03. The highest BCUT2D eigenvalue weighted by Gasteiger charge is 2.36. The van der Waals surface area contributed by atoms with E-state index < -0.39 is 29.0 Å². The van der Waals surface area contributed by atoms with Gasteiger partial charge in [-0.3, -0.25) is 0 Å². The summed E-state index contributed by atoms with van der Waals surface area (Å²) in [5, 5.41) is 0. The van der Waals surface area contributed by atoms with Gasteiger partial charge in [-0.2, -0.15) is 26.3 Å². The van der Waals surface area contributed by atoms with Gasteiger partial charge in [-0.15, -0.1) is 0 Å². The third kappa shape index (κ3) is 2.69. The Hall–Kier alpha value is -1.64. The summed E-state index contributed by atoms with van der Waals surface area (Å²) < 4.78 is 73.3. The van der Waals surface area contributed by atoms with E-state index in [1.165, 1.54) is 5.92 Å². The summed E-state index contributed by atoms with van der Waals surface area (Å²) in [5.74, 6) is 1.50. The molecule has 0 fully saturated rings. The smallest absolute Gasteiger partial charge is 0.166 e. The Labute approximate surface area is 86.9 Å². The van der Waals surface area contributed by atoms with Gasteiger partial charge in [-0.1, -0.05) is 5.92 Å². The minimum atomic E-state index is -4.88. The molecule has 0 aliphatic heterocycles. The first-order chi connectivity index (χ1) is 7.14. The van der Waals surface area contributed by atoms with Crippen molar-refractivity contribution in [2.75, 3.05) is 0 Å². The third-order valence-electron chi connectivity index (χ3n) is 1.73. The van der Waals surface area contributed by atoms with E-state index in [-0.39, 0.29) is 6.07 Å². The number of hydrogen-bond acceptors (Lipinski definition) is 0. The summed E-state index contributed by atoms with van der Waals surface area (Å²) in [6.07, 6.45) is -3.20. The average Bonchev–Trinajstić information content (AvgIpc) is 2.14. The van der Waals surface area contributed by atoms with Crippen molar-refractivity contribution in [2.24, 2.45) is 0 Å². The molecule has 1 aromatic rings. The van der Waals surface area contributed by atoms with Gasteiger partial charge in [0.2, 0.25) is 0 Å². The Kier molecular flexibility index (Phi) is 2.91. The van der Waals surface area contributed by atoms with Crippen LogP contribution >= 0.6 is 0 Å². The van der Waals surface area contributed by atoms with Crippen LogP contribution in [0.2, 0.25) is 0 Å². The first-order valence-electron chi connectivity index (χ1n) is 3.87. The SMILES string of the molecule is [C]#Cc1cc(C(F)(F)F)cc(C(F)(F)F)c1. The molecule has 16 heavy (non-hydrogen) atoms. The van der Waals surface area contributed by atoms with Gasteiger partial charge in [0.05, 0.1) is 11.1 Å². The normalized spacial score (nSPS) is 12.3. The highest BCUT2D eigenvalue weighted by atomic mass is 19.4. The predicted molar refractivity (Wildman–Crippen MR) is 42.7 cm³/mol. The van der Waals surface area contributed by atoms with E-state index in [4.69, 9.17) is 6.42 Å². The van der Waals surface area contributed by atoms with Crippen LogP contribution < -0.4 is 0 Å². The second kappa shape index (κ2) is 3.74. The summed E-state index contributed by atoms with van der Waals surface area (Å²) in [6, 6.07) is 0.866. The molecule has 0 saturated heterocycles. The monoisotopic (exact) mass is 237 g/mol. The Morgan fingerprint density at radius 2 is 1.19 bits per heavy atom. The summed E-state index contributed by atoms with van der Waals surface area (Å²) in [5.41, 5.74) is -3.46. The lowest BCUT2D eigenvalue weighted by Crippen LogP contribution is -2.11. The Bertz CT molecular complexity index is 400. The average molecular weight is 237 g/mol. The molecule has 0 N–H and O–H groups in total. The second-order valence-electron chi connectivity index (χ2n) is 2.92. The van der Waals surface area contributed by atoms with Crippen LogP contribution in [-0.4, -0.2) is 0 Å². The molecule has 0 aliphatic rings. The van der Waals surface area contributed by atoms with Crippen molar-refractivity contribution in [3.8, 4) is 5.92 Å². The lowest BCUT2D eigenvalue weighted by Gasteiger charge is -2.12. The molecule has 0 spiro atoms. The maximum atomic E-state index is 12.2. The van der Waals surface area contributed by atoms with Gasteiger partial charge in [0.1, 0.15) is 0 Å². The predicted octanol–water partition coefficient (Wildman–Crippen LogP) is 3.66. The van der Waals surface area contributed by atoms with Crippen LogP contribution in [0.15, 0.2) is 18.2 Å². The highest BCUT2D eigenvalue weighted by molar-refractivity contribution is 5.40. The van der Waals surface area contributed by atoms with Crippen molar-refractivity contribution < 1.29 is 26.3 Å². The minimum Gasteiger partial charge on any atom is -0.166 e. The van der Waals surface area contributed by atoms with Gasteiger partial charge in [0, 0.05) is 5.56 Å². The molecule has 1 rings (SSSR count). The van der Waals surface area contributed by atoms with Crippen LogP contribution in [0.5, 0.6) is 0 Å². The number of rotatable bonds is 0. The van der Waals surface area contributed by atoms with E-state index in [1.54, 1.807) is 0 Å². The fourth-order valence-electron chi connectivity index (χ4n) is 1.03. The lowest BCUT2D eigenvalue weighted by atomic mass is 10.1. The molecule has 0 unspecified atom stereocenters. The van der Waals surface area contributed by atoms with Crippen molar-refractivity contribution in [1.29, 1.82) is 0 Å². The number of alkyl halides is 6. The van der Waals surface area contributed by atoms with E-state index in [1.807, 2.05) is 0 Å². The number of benzene rings is 1. The van der Waals surface area contributed by atoms with Crippen molar-refractivity contribution in [1.82, 2.24) is 0 Å².